The zero-order chi connectivity index (χ0) is 17.8. The predicted molar refractivity (Wildman–Crippen MR) is 98.7 cm³/mol. The van der Waals surface area contributed by atoms with Crippen molar-refractivity contribution in [1.82, 2.24) is 5.32 Å². The highest BCUT2D eigenvalue weighted by Gasteiger charge is 2.15. The van der Waals surface area contributed by atoms with E-state index in [1.54, 1.807) is 29.5 Å². The number of hydrogen-bond acceptors (Lipinski definition) is 5. The minimum atomic E-state index is -0.771. The van der Waals surface area contributed by atoms with Gasteiger partial charge in [-0.25, -0.2) is 0 Å². The van der Waals surface area contributed by atoms with Gasteiger partial charge in [0.2, 0.25) is 0 Å². The highest BCUT2D eigenvalue weighted by Crippen LogP contribution is 2.30. The molecule has 0 aliphatic carbocycles. The molecule has 2 N–H and O–H groups in total. The molecule has 3 rings (SSSR count). The Bertz CT molecular complexity index is 868. The third kappa shape index (κ3) is 3.75. The summed E-state index contributed by atoms with van der Waals surface area (Å²) in [5.74, 6) is 0.776. The molecule has 2 aromatic carbocycles. The van der Waals surface area contributed by atoms with Crippen molar-refractivity contribution in [1.29, 1.82) is 0 Å². The summed E-state index contributed by atoms with van der Waals surface area (Å²) in [7, 11) is 3.06. The number of ether oxygens (including phenoxy) is 2. The van der Waals surface area contributed by atoms with E-state index in [0.29, 0.717) is 17.1 Å². The first kappa shape index (κ1) is 17.3. The number of aliphatic hydroxyl groups excluding tert-OH is 1. The van der Waals surface area contributed by atoms with Crippen LogP contribution in [0.5, 0.6) is 11.5 Å². The Hall–Kier alpha value is -2.57. The van der Waals surface area contributed by atoms with Crippen molar-refractivity contribution in [3.63, 3.8) is 0 Å². The normalized spacial score (nSPS) is 12.0. The molecule has 25 heavy (non-hydrogen) atoms. The fourth-order valence-electron chi connectivity index (χ4n) is 2.60. The number of rotatable bonds is 6. The van der Waals surface area contributed by atoms with E-state index in [-0.39, 0.29) is 12.5 Å². The summed E-state index contributed by atoms with van der Waals surface area (Å²) in [4.78, 5) is 12.4. The lowest BCUT2D eigenvalue weighted by molar-refractivity contribution is 0.0916. The molecule has 0 bridgehead atoms. The van der Waals surface area contributed by atoms with Crippen LogP contribution in [0.2, 0.25) is 0 Å². The van der Waals surface area contributed by atoms with Crippen LogP contribution in [-0.4, -0.2) is 31.8 Å². The number of carbonyl (C=O) groups is 1. The molecular weight excluding hydrogens is 338 g/mol. The Morgan fingerprint density at radius 2 is 1.84 bits per heavy atom. The third-order valence-corrected chi connectivity index (χ3v) is 4.92. The van der Waals surface area contributed by atoms with E-state index >= 15 is 0 Å². The lowest BCUT2D eigenvalue weighted by Gasteiger charge is -2.13. The highest BCUT2D eigenvalue weighted by atomic mass is 32.1. The highest BCUT2D eigenvalue weighted by molar-refractivity contribution is 7.17. The Labute approximate surface area is 149 Å². The average Bonchev–Trinajstić information content (AvgIpc) is 3.09. The Kier molecular flexibility index (Phi) is 5.21. The van der Waals surface area contributed by atoms with E-state index in [0.717, 1.165) is 15.6 Å². The predicted octanol–water partition coefficient (Wildman–Crippen LogP) is 3.38. The fourth-order valence-corrected chi connectivity index (χ4v) is 3.60. The number of fused-ring (bicyclic) bond motifs is 1. The zero-order valence-corrected chi connectivity index (χ0v) is 14.8. The van der Waals surface area contributed by atoms with Crippen LogP contribution in [0.4, 0.5) is 0 Å². The summed E-state index contributed by atoms with van der Waals surface area (Å²) >= 11 is 1.58. The van der Waals surface area contributed by atoms with Gasteiger partial charge >= 0.3 is 0 Å². The van der Waals surface area contributed by atoms with E-state index in [9.17, 15) is 9.90 Å². The molecule has 0 aliphatic rings. The van der Waals surface area contributed by atoms with E-state index < -0.39 is 6.10 Å². The van der Waals surface area contributed by atoms with E-state index in [2.05, 4.69) is 5.32 Å². The smallest absolute Gasteiger partial charge is 0.251 e. The van der Waals surface area contributed by atoms with Gasteiger partial charge in [0, 0.05) is 28.4 Å². The number of thiophene rings is 1. The molecule has 0 aliphatic heterocycles. The van der Waals surface area contributed by atoms with Gasteiger partial charge in [0.15, 0.2) is 0 Å². The summed E-state index contributed by atoms with van der Waals surface area (Å²) in [6, 6.07) is 12.8. The third-order valence-electron chi connectivity index (χ3n) is 3.94. The monoisotopic (exact) mass is 357 g/mol. The number of methoxy groups -OCH3 is 2. The minimum Gasteiger partial charge on any atom is -0.497 e. The molecule has 0 saturated carbocycles. The molecule has 0 saturated heterocycles. The van der Waals surface area contributed by atoms with Crippen molar-refractivity contribution in [2.24, 2.45) is 0 Å². The Morgan fingerprint density at radius 3 is 2.52 bits per heavy atom. The molecule has 5 nitrogen and oxygen atoms in total. The lowest BCUT2D eigenvalue weighted by atomic mass is 10.1. The van der Waals surface area contributed by atoms with Crippen LogP contribution in [0.25, 0.3) is 10.1 Å². The van der Waals surface area contributed by atoms with Gasteiger partial charge in [0.1, 0.15) is 11.5 Å². The van der Waals surface area contributed by atoms with Gasteiger partial charge in [-0.15, -0.1) is 11.3 Å². The summed E-state index contributed by atoms with van der Waals surface area (Å²) in [6.45, 7) is 0.124. The van der Waals surface area contributed by atoms with Crippen molar-refractivity contribution in [3.05, 3.63) is 59.0 Å². The van der Waals surface area contributed by atoms with Gasteiger partial charge < -0.3 is 19.9 Å². The summed E-state index contributed by atoms with van der Waals surface area (Å²) < 4.78 is 11.5. The summed E-state index contributed by atoms with van der Waals surface area (Å²) in [6.07, 6.45) is -0.771. The quantitative estimate of drug-likeness (QED) is 0.710. The first-order chi connectivity index (χ1) is 12.1. The van der Waals surface area contributed by atoms with Crippen LogP contribution < -0.4 is 14.8 Å². The van der Waals surface area contributed by atoms with Crippen LogP contribution in [-0.2, 0) is 0 Å². The van der Waals surface area contributed by atoms with Gasteiger partial charge in [-0.1, -0.05) is 18.2 Å². The largest absolute Gasteiger partial charge is 0.497 e. The van der Waals surface area contributed by atoms with E-state index in [4.69, 9.17) is 9.47 Å². The van der Waals surface area contributed by atoms with Crippen molar-refractivity contribution in [3.8, 4) is 11.5 Å². The molecular formula is C19H19NO4S. The number of benzene rings is 2. The van der Waals surface area contributed by atoms with Crippen LogP contribution in [0.1, 0.15) is 22.0 Å². The zero-order valence-electron chi connectivity index (χ0n) is 14.0. The number of amides is 1. The standard InChI is InChI=1S/C19H19NO4S/c1-23-13-7-12(8-14(9-13)24-2)19(22)20-10-17(21)16-11-25-18-6-4-3-5-15(16)18/h3-9,11,17,21H,10H2,1-2H3,(H,20,22). The maximum absolute atomic E-state index is 12.4. The van der Waals surface area contributed by atoms with Crippen molar-refractivity contribution in [2.45, 2.75) is 6.10 Å². The maximum Gasteiger partial charge on any atom is 0.251 e. The molecule has 0 fully saturated rings. The van der Waals surface area contributed by atoms with E-state index in [1.807, 2.05) is 29.6 Å². The Balaban J connectivity index is 1.71. The second kappa shape index (κ2) is 7.55. The molecule has 1 unspecified atom stereocenters. The Morgan fingerprint density at radius 1 is 1.16 bits per heavy atom. The van der Waals surface area contributed by atoms with Crippen molar-refractivity contribution in [2.75, 3.05) is 20.8 Å². The topological polar surface area (TPSA) is 67.8 Å². The molecule has 3 aromatic rings. The first-order valence-corrected chi connectivity index (χ1v) is 8.66. The molecule has 0 spiro atoms. The fraction of sp³-hybridized carbons (Fsp3) is 0.211. The lowest BCUT2D eigenvalue weighted by Crippen LogP contribution is -2.28. The van der Waals surface area contributed by atoms with Crippen LogP contribution in [0.15, 0.2) is 47.8 Å². The van der Waals surface area contributed by atoms with Gasteiger partial charge in [-0.2, -0.15) is 0 Å². The maximum atomic E-state index is 12.4. The molecule has 1 amide bonds. The van der Waals surface area contributed by atoms with Crippen molar-refractivity contribution < 1.29 is 19.4 Å². The number of nitrogens with one attached hydrogen (secondary N) is 1. The van der Waals surface area contributed by atoms with Crippen LogP contribution in [0.3, 0.4) is 0 Å². The molecule has 6 heteroatoms. The molecule has 0 radical (unpaired) electrons. The van der Waals surface area contributed by atoms with Crippen LogP contribution >= 0.6 is 11.3 Å². The number of hydrogen-bond donors (Lipinski definition) is 2. The molecule has 1 aromatic heterocycles. The first-order valence-electron chi connectivity index (χ1n) is 7.78. The second-order valence-electron chi connectivity index (χ2n) is 5.51. The molecule has 130 valence electrons. The average molecular weight is 357 g/mol. The van der Waals surface area contributed by atoms with Crippen molar-refractivity contribution >= 4 is 27.3 Å². The number of carbonyl (C=O) groups excluding carboxylic acids is 1. The second-order valence-corrected chi connectivity index (χ2v) is 6.43. The van der Waals surface area contributed by atoms with Crippen LogP contribution in [0, 0.1) is 0 Å². The van der Waals surface area contributed by atoms with Gasteiger partial charge in [0.25, 0.3) is 5.91 Å². The molecule has 1 atom stereocenters. The van der Waals surface area contributed by atoms with Gasteiger partial charge in [0.05, 0.1) is 20.3 Å². The van der Waals surface area contributed by atoms with Gasteiger partial charge in [-0.3, -0.25) is 4.79 Å². The SMILES string of the molecule is COc1cc(OC)cc(C(=O)NCC(O)c2csc3ccccc23)c1. The number of aliphatic hydroxyl groups is 1. The summed E-state index contributed by atoms with van der Waals surface area (Å²) in [5, 5.41) is 16.1. The summed E-state index contributed by atoms with van der Waals surface area (Å²) in [5.41, 5.74) is 1.24. The molecule has 1 heterocycles. The van der Waals surface area contributed by atoms with Gasteiger partial charge in [-0.05, 0) is 29.0 Å². The van der Waals surface area contributed by atoms with E-state index in [1.165, 1.54) is 14.2 Å². The minimum absolute atomic E-state index is 0.124.